The number of hydrogen-bond donors (Lipinski definition) is 1. The van der Waals surface area contributed by atoms with E-state index >= 15 is 0 Å². The highest BCUT2D eigenvalue weighted by Gasteiger charge is 2.54. The number of nitrogens with zero attached hydrogens (tertiary/aromatic N) is 2. The molecule has 0 aliphatic carbocycles. The summed E-state index contributed by atoms with van der Waals surface area (Å²) in [5.41, 5.74) is -0.167. The summed E-state index contributed by atoms with van der Waals surface area (Å²) < 4.78 is 11.5. The van der Waals surface area contributed by atoms with Crippen molar-refractivity contribution in [2.45, 2.75) is 50.9 Å². The molecule has 37 heavy (non-hydrogen) atoms. The molecule has 0 bridgehead atoms. The summed E-state index contributed by atoms with van der Waals surface area (Å²) in [4.78, 5) is 43.5. The van der Waals surface area contributed by atoms with Crippen LogP contribution in [0.5, 0.6) is 5.75 Å². The number of carbonyl (C=O) groups is 3. The molecule has 2 aliphatic heterocycles. The van der Waals surface area contributed by atoms with E-state index in [4.69, 9.17) is 32.7 Å². The van der Waals surface area contributed by atoms with E-state index in [1.54, 1.807) is 52.3 Å². The van der Waals surface area contributed by atoms with Crippen molar-refractivity contribution in [3.05, 3.63) is 63.6 Å². The Morgan fingerprint density at radius 1 is 1.08 bits per heavy atom. The summed E-state index contributed by atoms with van der Waals surface area (Å²) >= 11 is 12.1. The van der Waals surface area contributed by atoms with Gasteiger partial charge in [0.2, 0.25) is 5.91 Å². The average molecular weight is 548 g/mol. The van der Waals surface area contributed by atoms with Crippen LogP contribution in [0, 0.1) is 0 Å². The first-order chi connectivity index (χ1) is 17.7. The highest BCUT2D eigenvalue weighted by atomic mass is 35.5. The molecule has 8 nitrogen and oxygen atoms in total. The highest BCUT2D eigenvalue weighted by Crippen LogP contribution is 2.39. The molecular formula is C27H31Cl2N3O5. The Morgan fingerprint density at radius 3 is 2.43 bits per heavy atom. The Labute approximate surface area is 226 Å². The minimum Gasteiger partial charge on any atom is -0.497 e. The molecule has 10 heteroatoms. The zero-order valence-corrected chi connectivity index (χ0v) is 22.6. The molecule has 2 aliphatic rings. The molecule has 1 spiro atoms. The molecule has 2 fully saturated rings. The first kappa shape index (κ1) is 27.2. The van der Waals surface area contributed by atoms with Crippen LogP contribution in [0.25, 0.3) is 0 Å². The number of carbonyl (C=O) groups excluding carboxylic acids is 3. The fraction of sp³-hybridized carbons (Fsp3) is 0.444. The van der Waals surface area contributed by atoms with Crippen LogP contribution in [-0.2, 0) is 9.53 Å². The van der Waals surface area contributed by atoms with Crippen LogP contribution in [0.3, 0.4) is 0 Å². The van der Waals surface area contributed by atoms with E-state index in [1.807, 2.05) is 13.8 Å². The molecule has 2 atom stereocenters. The smallest absolute Gasteiger partial charge is 0.257 e. The Balaban J connectivity index is 1.59. The minimum absolute atomic E-state index is 0.0384. The van der Waals surface area contributed by atoms with Gasteiger partial charge in [-0.1, -0.05) is 36.2 Å². The maximum Gasteiger partial charge on any atom is 0.257 e. The standard InChI is InChI=1S/C27H31Cl2N3O5/c1-4-17(2)30-24(33)23-16-37-27(32(23)26(35)18-6-5-7-20(14-18)36-3)10-12-31(13-11-27)25(34)19-8-9-21(28)22(29)15-19/h5-9,14-15,17,23H,4,10-13,16H2,1-3H3,(H,30,33)/t17-,23-/m1/s1. The van der Waals surface area contributed by atoms with Crippen LogP contribution in [0.1, 0.15) is 53.8 Å². The van der Waals surface area contributed by atoms with Crippen LogP contribution in [-0.4, -0.2) is 72.1 Å². The van der Waals surface area contributed by atoms with Crippen molar-refractivity contribution in [2.75, 3.05) is 26.8 Å². The number of amides is 3. The molecule has 0 aromatic heterocycles. The SMILES string of the molecule is CC[C@@H](C)NC(=O)[C@H]1COC2(CCN(C(=O)c3ccc(Cl)c(Cl)c3)CC2)N1C(=O)c1cccc(OC)c1. The second-order valence-corrected chi connectivity index (χ2v) is 10.2. The number of hydrogen-bond acceptors (Lipinski definition) is 5. The molecule has 0 radical (unpaired) electrons. The van der Waals surface area contributed by atoms with Crippen molar-refractivity contribution in [2.24, 2.45) is 0 Å². The third-order valence-electron chi connectivity index (χ3n) is 7.10. The van der Waals surface area contributed by atoms with Gasteiger partial charge in [0.05, 0.1) is 23.8 Å². The predicted molar refractivity (Wildman–Crippen MR) is 141 cm³/mol. The number of halogens is 2. The molecule has 198 valence electrons. The lowest BCUT2D eigenvalue weighted by Crippen LogP contribution is -2.60. The maximum atomic E-state index is 13.9. The van der Waals surface area contributed by atoms with Crippen molar-refractivity contribution < 1.29 is 23.9 Å². The predicted octanol–water partition coefficient (Wildman–Crippen LogP) is 4.39. The third-order valence-corrected chi connectivity index (χ3v) is 7.84. The first-order valence-electron chi connectivity index (χ1n) is 12.4. The zero-order chi connectivity index (χ0) is 26.7. The molecule has 2 aromatic carbocycles. The summed E-state index contributed by atoms with van der Waals surface area (Å²) in [6.07, 6.45) is 1.49. The summed E-state index contributed by atoms with van der Waals surface area (Å²) in [5, 5.41) is 3.67. The van der Waals surface area contributed by atoms with E-state index in [9.17, 15) is 14.4 Å². The van der Waals surface area contributed by atoms with Gasteiger partial charge in [-0.2, -0.15) is 0 Å². The van der Waals surface area contributed by atoms with Crippen molar-refractivity contribution in [1.82, 2.24) is 15.1 Å². The summed E-state index contributed by atoms with van der Waals surface area (Å²) in [6.45, 7) is 4.68. The second-order valence-electron chi connectivity index (χ2n) is 9.42. The van der Waals surface area contributed by atoms with E-state index in [2.05, 4.69) is 5.32 Å². The quantitative estimate of drug-likeness (QED) is 0.579. The Bertz CT molecular complexity index is 1180. The minimum atomic E-state index is -1.01. The van der Waals surface area contributed by atoms with E-state index < -0.39 is 11.8 Å². The van der Waals surface area contributed by atoms with Crippen molar-refractivity contribution in [1.29, 1.82) is 0 Å². The van der Waals surface area contributed by atoms with Crippen LogP contribution in [0.4, 0.5) is 0 Å². The number of piperidine rings is 1. The molecule has 0 unspecified atom stereocenters. The Hall–Kier alpha value is -2.81. The van der Waals surface area contributed by atoms with Crippen LogP contribution >= 0.6 is 23.2 Å². The van der Waals surface area contributed by atoms with E-state index in [0.29, 0.717) is 52.9 Å². The van der Waals surface area contributed by atoms with Gasteiger partial charge >= 0.3 is 0 Å². The molecule has 1 N–H and O–H groups in total. The number of methoxy groups -OCH3 is 1. The van der Waals surface area contributed by atoms with Gasteiger partial charge in [-0.05, 0) is 49.7 Å². The van der Waals surface area contributed by atoms with E-state index in [-0.39, 0.29) is 30.4 Å². The fourth-order valence-electron chi connectivity index (χ4n) is 4.77. The van der Waals surface area contributed by atoms with Gasteiger partial charge in [0.15, 0.2) is 0 Å². The monoisotopic (exact) mass is 547 g/mol. The van der Waals surface area contributed by atoms with Crippen LogP contribution in [0.2, 0.25) is 10.0 Å². The zero-order valence-electron chi connectivity index (χ0n) is 21.1. The van der Waals surface area contributed by atoms with Gasteiger partial charge < -0.3 is 19.7 Å². The summed E-state index contributed by atoms with van der Waals surface area (Å²) in [7, 11) is 1.53. The number of ether oxygens (including phenoxy) is 2. The first-order valence-corrected chi connectivity index (χ1v) is 13.1. The number of benzene rings is 2. The lowest BCUT2D eigenvalue weighted by atomic mass is 9.96. The maximum absolute atomic E-state index is 13.9. The average Bonchev–Trinajstić information content (AvgIpc) is 3.28. The number of rotatable bonds is 6. The van der Waals surface area contributed by atoms with Crippen LogP contribution < -0.4 is 10.1 Å². The number of likely N-dealkylation sites (tertiary alicyclic amines) is 1. The second kappa shape index (κ2) is 11.3. The van der Waals surface area contributed by atoms with Crippen molar-refractivity contribution >= 4 is 40.9 Å². The fourth-order valence-corrected chi connectivity index (χ4v) is 5.07. The van der Waals surface area contributed by atoms with E-state index in [0.717, 1.165) is 6.42 Å². The Kier molecular flexibility index (Phi) is 8.31. The normalized spacial score (nSPS) is 19.5. The topological polar surface area (TPSA) is 88.2 Å². The summed E-state index contributed by atoms with van der Waals surface area (Å²) in [5.74, 6) is -0.201. The highest BCUT2D eigenvalue weighted by molar-refractivity contribution is 6.42. The molecule has 0 saturated carbocycles. The summed E-state index contributed by atoms with van der Waals surface area (Å²) in [6, 6.07) is 10.8. The molecule has 2 saturated heterocycles. The molecule has 3 amide bonds. The van der Waals surface area contributed by atoms with Crippen LogP contribution in [0.15, 0.2) is 42.5 Å². The van der Waals surface area contributed by atoms with E-state index in [1.165, 1.54) is 7.11 Å². The lowest BCUT2D eigenvalue weighted by molar-refractivity contribution is -0.128. The van der Waals surface area contributed by atoms with Crippen molar-refractivity contribution in [3.8, 4) is 5.75 Å². The van der Waals surface area contributed by atoms with Crippen molar-refractivity contribution in [3.63, 3.8) is 0 Å². The van der Waals surface area contributed by atoms with Gasteiger partial charge in [-0.15, -0.1) is 0 Å². The van der Waals surface area contributed by atoms with Gasteiger partial charge in [0, 0.05) is 43.1 Å². The molecule has 2 heterocycles. The Morgan fingerprint density at radius 2 is 1.78 bits per heavy atom. The lowest BCUT2D eigenvalue weighted by Gasteiger charge is -2.44. The molecule has 4 rings (SSSR count). The van der Waals surface area contributed by atoms with Gasteiger partial charge in [0.1, 0.15) is 17.5 Å². The van der Waals surface area contributed by atoms with Gasteiger partial charge in [-0.3, -0.25) is 19.3 Å². The molecule has 2 aromatic rings. The third kappa shape index (κ3) is 5.56. The van der Waals surface area contributed by atoms with Gasteiger partial charge in [0.25, 0.3) is 11.8 Å². The van der Waals surface area contributed by atoms with Gasteiger partial charge in [-0.25, -0.2) is 0 Å². The molecular weight excluding hydrogens is 517 g/mol. The largest absolute Gasteiger partial charge is 0.497 e. The number of nitrogens with one attached hydrogen (secondary N) is 1.